The van der Waals surface area contributed by atoms with Crippen LogP contribution in [0.4, 0.5) is 5.13 Å². The zero-order chi connectivity index (χ0) is 14.8. The molecule has 0 bridgehead atoms. The number of nitrogens with two attached hydrogens (primary N) is 1. The van der Waals surface area contributed by atoms with Crippen molar-refractivity contribution in [2.45, 2.75) is 64.6 Å². The molecule has 2 aliphatic rings. The van der Waals surface area contributed by atoms with E-state index < -0.39 is 0 Å². The highest BCUT2D eigenvalue weighted by Gasteiger charge is 2.34. The van der Waals surface area contributed by atoms with Crippen LogP contribution in [-0.4, -0.2) is 41.6 Å². The summed E-state index contributed by atoms with van der Waals surface area (Å²) in [5.74, 6) is 0. The van der Waals surface area contributed by atoms with Gasteiger partial charge in [-0.1, -0.05) is 19.8 Å². The van der Waals surface area contributed by atoms with Crippen LogP contribution in [0.25, 0.3) is 0 Å². The van der Waals surface area contributed by atoms with Crippen molar-refractivity contribution in [2.75, 3.05) is 24.5 Å². The normalized spacial score (nSPS) is 26.9. The summed E-state index contributed by atoms with van der Waals surface area (Å²) in [6.07, 6.45) is 6.30. The Bertz CT molecular complexity index is 473. The van der Waals surface area contributed by atoms with Gasteiger partial charge in [0.25, 0.3) is 0 Å². The summed E-state index contributed by atoms with van der Waals surface area (Å²) in [5.41, 5.74) is 7.14. The average Bonchev–Trinajstić information content (AvgIpc) is 2.90. The van der Waals surface area contributed by atoms with Gasteiger partial charge in [-0.15, -0.1) is 11.3 Å². The van der Waals surface area contributed by atoms with Crippen molar-refractivity contribution in [1.29, 1.82) is 0 Å². The lowest BCUT2D eigenvalue weighted by atomic mass is 9.97. The third-order valence-electron chi connectivity index (χ3n) is 4.87. The Balaban J connectivity index is 1.79. The molecule has 0 radical (unpaired) electrons. The van der Waals surface area contributed by atoms with Gasteiger partial charge in [0.05, 0.1) is 5.69 Å². The monoisotopic (exact) mass is 308 g/mol. The molecular formula is C16H28N4S. The smallest absolute Gasteiger partial charge is 0.186 e. The minimum Gasteiger partial charge on any atom is -0.343 e. The lowest BCUT2D eigenvalue weighted by Crippen LogP contribution is -2.58. The molecule has 5 heteroatoms. The molecule has 0 aromatic carbocycles. The maximum Gasteiger partial charge on any atom is 0.186 e. The average molecular weight is 308 g/mol. The molecule has 0 amide bonds. The Morgan fingerprint density at radius 2 is 2.19 bits per heavy atom. The molecule has 3 heterocycles. The van der Waals surface area contributed by atoms with E-state index in [0.717, 1.165) is 25.4 Å². The number of aromatic nitrogens is 1. The van der Waals surface area contributed by atoms with Crippen molar-refractivity contribution < 1.29 is 0 Å². The number of rotatable bonds is 4. The van der Waals surface area contributed by atoms with Crippen molar-refractivity contribution in [3.8, 4) is 0 Å². The van der Waals surface area contributed by atoms with Gasteiger partial charge < -0.3 is 10.6 Å². The fourth-order valence-corrected chi connectivity index (χ4v) is 4.80. The fraction of sp³-hybridized carbons (Fsp3) is 0.812. The minimum atomic E-state index is 0.561. The first-order valence-corrected chi connectivity index (χ1v) is 9.24. The quantitative estimate of drug-likeness (QED) is 0.929. The van der Waals surface area contributed by atoms with E-state index in [4.69, 9.17) is 10.7 Å². The molecule has 0 saturated carbocycles. The summed E-state index contributed by atoms with van der Waals surface area (Å²) in [6.45, 7) is 8.80. The summed E-state index contributed by atoms with van der Waals surface area (Å²) in [6, 6.07) is 1.29. The molecule has 2 N–H and O–H groups in total. The molecule has 118 valence electrons. The van der Waals surface area contributed by atoms with Gasteiger partial charge in [0.1, 0.15) is 0 Å². The van der Waals surface area contributed by atoms with Crippen LogP contribution >= 0.6 is 11.3 Å². The van der Waals surface area contributed by atoms with Gasteiger partial charge in [-0.05, 0) is 32.7 Å². The van der Waals surface area contributed by atoms with Crippen LogP contribution in [0.5, 0.6) is 0 Å². The second kappa shape index (κ2) is 6.63. The van der Waals surface area contributed by atoms with E-state index in [1.54, 1.807) is 0 Å². The second-order valence-electron chi connectivity index (χ2n) is 6.47. The zero-order valence-electron chi connectivity index (χ0n) is 13.3. The SMILES string of the molecule is CCCc1nc(N2CC3CCCCN3CC2C)sc1CN. The third kappa shape index (κ3) is 3.10. The lowest BCUT2D eigenvalue weighted by Gasteiger charge is -2.47. The third-order valence-corrected chi connectivity index (χ3v) is 6.03. The first-order chi connectivity index (χ1) is 10.2. The summed E-state index contributed by atoms with van der Waals surface area (Å²) < 4.78 is 0. The highest BCUT2D eigenvalue weighted by molar-refractivity contribution is 7.15. The van der Waals surface area contributed by atoms with E-state index in [0.29, 0.717) is 12.6 Å². The molecule has 2 fully saturated rings. The fourth-order valence-electron chi connectivity index (χ4n) is 3.70. The Morgan fingerprint density at radius 1 is 1.33 bits per heavy atom. The van der Waals surface area contributed by atoms with E-state index >= 15 is 0 Å². The molecular weight excluding hydrogens is 280 g/mol. The van der Waals surface area contributed by atoms with Crippen LogP contribution in [0.1, 0.15) is 50.1 Å². The number of hydrogen-bond donors (Lipinski definition) is 1. The maximum absolute atomic E-state index is 5.91. The molecule has 1 aromatic rings. The standard InChI is InChI=1S/C16H28N4S/c1-3-6-14-15(9-17)21-16(18-14)20-11-13-7-4-5-8-19(13)10-12(20)2/h12-13H,3-11,17H2,1-2H3. The molecule has 3 rings (SSSR count). The van der Waals surface area contributed by atoms with Gasteiger partial charge in [-0.3, -0.25) is 4.90 Å². The molecule has 2 saturated heterocycles. The minimum absolute atomic E-state index is 0.561. The predicted molar refractivity (Wildman–Crippen MR) is 90.0 cm³/mol. The van der Waals surface area contributed by atoms with Crippen molar-refractivity contribution in [3.05, 3.63) is 10.6 Å². The molecule has 2 unspecified atom stereocenters. The number of piperidine rings is 1. The first kappa shape index (κ1) is 15.3. The predicted octanol–water partition coefficient (Wildman–Crippen LogP) is 2.62. The van der Waals surface area contributed by atoms with E-state index in [-0.39, 0.29) is 0 Å². The summed E-state index contributed by atoms with van der Waals surface area (Å²) in [4.78, 5) is 11.4. The Labute approximate surface area is 132 Å². The largest absolute Gasteiger partial charge is 0.343 e. The van der Waals surface area contributed by atoms with Crippen LogP contribution in [0.3, 0.4) is 0 Å². The topological polar surface area (TPSA) is 45.4 Å². The van der Waals surface area contributed by atoms with Crippen molar-refractivity contribution in [1.82, 2.24) is 9.88 Å². The number of thiazole rings is 1. The van der Waals surface area contributed by atoms with E-state index in [9.17, 15) is 0 Å². The highest BCUT2D eigenvalue weighted by atomic mass is 32.1. The van der Waals surface area contributed by atoms with Crippen molar-refractivity contribution in [3.63, 3.8) is 0 Å². The summed E-state index contributed by atoms with van der Waals surface area (Å²) >= 11 is 1.82. The zero-order valence-corrected chi connectivity index (χ0v) is 14.2. The summed E-state index contributed by atoms with van der Waals surface area (Å²) in [7, 11) is 0. The van der Waals surface area contributed by atoms with E-state index in [2.05, 4.69) is 23.6 Å². The van der Waals surface area contributed by atoms with Crippen molar-refractivity contribution >= 4 is 16.5 Å². The Hall–Kier alpha value is -0.650. The summed E-state index contributed by atoms with van der Waals surface area (Å²) in [5, 5.41) is 1.21. The molecule has 2 atom stereocenters. The maximum atomic E-state index is 5.91. The number of piperazine rings is 1. The van der Waals surface area contributed by atoms with Gasteiger partial charge in [0.15, 0.2) is 5.13 Å². The molecule has 1 aromatic heterocycles. The number of fused-ring (bicyclic) bond motifs is 1. The van der Waals surface area contributed by atoms with Gasteiger partial charge in [0, 0.05) is 36.6 Å². The number of hydrogen-bond acceptors (Lipinski definition) is 5. The Morgan fingerprint density at radius 3 is 2.95 bits per heavy atom. The van der Waals surface area contributed by atoms with Gasteiger partial charge in [-0.25, -0.2) is 4.98 Å². The van der Waals surface area contributed by atoms with Gasteiger partial charge in [0.2, 0.25) is 0 Å². The molecule has 0 aliphatic carbocycles. The number of aryl methyl sites for hydroxylation is 1. The Kier molecular flexibility index (Phi) is 4.82. The van der Waals surface area contributed by atoms with Crippen LogP contribution in [0, 0.1) is 0 Å². The highest BCUT2D eigenvalue weighted by Crippen LogP contribution is 2.32. The number of nitrogens with zero attached hydrogens (tertiary/aromatic N) is 3. The van der Waals surface area contributed by atoms with Crippen molar-refractivity contribution in [2.24, 2.45) is 5.73 Å². The first-order valence-electron chi connectivity index (χ1n) is 8.42. The van der Waals surface area contributed by atoms with Crippen LogP contribution in [-0.2, 0) is 13.0 Å². The molecule has 2 aliphatic heterocycles. The lowest BCUT2D eigenvalue weighted by molar-refractivity contribution is 0.115. The molecule has 0 spiro atoms. The van der Waals surface area contributed by atoms with E-state index in [1.807, 2.05) is 11.3 Å². The molecule has 21 heavy (non-hydrogen) atoms. The molecule has 4 nitrogen and oxygen atoms in total. The van der Waals surface area contributed by atoms with Gasteiger partial charge in [-0.2, -0.15) is 0 Å². The van der Waals surface area contributed by atoms with Gasteiger partial charge >= 0.3 is 0 Å². The van der Waals surface area contributed by atoms with Crippen LogP contribution in [0.2, 0.25) is 0 Å². The van der Waals surface area contributed by atoms with Crippen LogP contribution in [0.15, 0.2) is 0 Å². The number of anilines is 1. The van der Waals surface area contributed by atoms with Crippen LogP contribution < -0.4 is 10.6 Å². The van der Waals surface area contributed by atoms with E-state index in [1.165, 1.54) is 48.1 Å². The second-order valence-corrected chi connectivity index (χ2v) is 7.53.